The molecule has 1 aromatic rings. The van der Waals surface area contributed by atoms with Gasteiger partial charge in [0.15, 0.2) is 0 Å². The zero-order valence-electron chi connectivity index (χ0n) is 11.5. The molecule has 0 aliphatic rings. The summed E-state index contributed by atoms with van der Waals surface area (Å²) in [5.41, 5.74) is 1.75. The molecule has 0 heterocycles. The monoisotopic (exact) mass is 265 g/mol. The van der Waals surface area contributed by atoms with Crippen LogP contribution in [0.15, 0.2) is 18.2 Å². The fourth-order valence-corrected chi connectivity index (χ4v) is 1.52. The minimum Gasteiger partial charge on any atom is -0.495 e. The van der Waals surface area contributed by atoms with E-state index < -0.39 is 18.0 Å². The normalized spacial score (nSPS) is 11.4. The van der Waals surface area contributed by atoms with Gasteiger partial charge in [-0.05, 0) is 31.5 Å². The maximum absolute atomic E-state index is 11.7. The highest BCUT2D eigenvalue weighted by molar-refractivity contribution is 5.98. The topological polar surface area (TPSA) is 79.5 Å². The summed E-state index contributed by atoms with van der Waals surface area (Å²) in [7, 11) is 3.01. The SMILES string of the molecule is CNC(=O)NC(=O)C(C)Nc1cc(C)ccc1OC. The Morgan fingerprint density at radius 1 is 1.32 bits per heavy atom. The molecule has 6 nitrogen and oxygen atoms in total. The number of urea groups is 1. The number of carbonyl (C=O) groups excluding carboxylic acids is 2. The molecule has 0 aliphatic carbocycles. The van der Waals surface area contributed by atoms with Gasteiger partial charge in [-0.3, -0.25) is 10.1 Å². The lowest BCUT2D eigenvalue weighted by atomic mass is 10.2. The molecule has 3 N–H and O–H groups in total. The molecule has 19 heavy (non-hydrogen) atoms. The van der Waals surface area contributed by atoms with Crippen molar-refractivity contribution in [1.82, 2.24) is 10.6 Å². The second-order valence-corrected chi connectivity index (χ2v) is 4.14. The predicted molar refractivity (Wildman–Crippen MR) is 73.4 cm³/mol. The van der Waals surface area contributed by atoms with Crippen molar-refractivity contribution < 1.29 is 14.3 Å². The van der Waals surface area contributed by atoms with Gasteiger partial charge in [-0.1, -0.05) is 6.07 Å². The Morgan fingerprint density at radius 2 is 2.00 bits per heavy atom. The number of rotatable bonds is 4. The molecule has 0 aromatic heterocycles. The van der Waals surface area contributed by atoms with E-state index in [1.807, 2.05) is 25.1 Å². The Balaban J connectivity index is 2.76. The van der Waals surface area contributed by atoms with Gasteiger partial charge < -0.3 is 15.4 Å². The molecule has 0 bridgehead atoms. The van der Waals surface area contributed by atoms with Crippen LogP contribution in [-0.2, 0) is 4.79 Å². The van der Waals surface area contributed by atoms with Crippen LogP contribution in [0.1, 0.15) is 12.5 Å². The van der Waals surface area contributed by atoms with Gasteiger partial charge >= 0.3 is 6.03 Å². The molecule has 1 atom stereocenters. The van der Waals surface area contributed by atoms with Gasteiger partial charge in [0.1, 0.15) is 11.8 Å². The Bertz CT molecular complexity index is 474. The van der Waals surface area contributed by atoms with Crippen molar-refractivity contribution in [3.05, 3.63) is 23.8 Å². The quantitative estimate of drug-likeness (QED) is 0.765. The zero-order chi connectivity index (χ0) is 14.4. The first-order valence-corrected chi connectivity index (χ1v) is 5.91. The Morgan fingerprint density at radius 3 is 2.58 bits per heavy atom. The van der Waals surface area contributed by atoms with E-state index in [2.05, 4.69) is 16.0 Å². The summed E-state index contributed by atoms with van der Waals surface area (Å²) in [5.74, 6) is 0.230. The first-order chi connectivity index (χ1) is 8.97. The third-order valence-corrected chi connectivity index (χ3v) is 2.58. The van der Waals surface area contributed by atoms with Gasteiger partial charge in [-0.2, -0.15) is 0 Å². The number of anilines is 1. The Hall–Kier alpha value is -2.24. The van der Waals surface area contributed by atoms with Crippen molar-refractivity contribution in [2.45, 2.75) is 19.9 Å². The van der Waals surface area contributed by atoms with Crippen molar-refractivity contribution in [3.8, 4) is 5.75 Å². The summed E-state index contributed by atoms with van der Waals surface area (Å²) in [5, 5.41) is 7.55. The summed E-state index contributed by atoms with van der Waals surface area (Å²) in [4.78, 5) is 22.8. The molecular formula is C13H19N3O3. The molecule has 0 spiro atoms. The summed E-state index contributed by atoms with van der Waals surface area (Å²) in [6, 6.07) is 4.52. The van der Waals surface area contributed by atoms with Crippen LogP contribution in [0.2, 0.25) is 0 Å². The van der Waals surface area contributed by atoms with E-state index in [-0.39, 0.29) is 0 Å². The van der Waals surface area contributed by atoms with Crippen LogP contribution in [0.4, 0.5) is 10.5 Å². The van der Waals surface area contributed by atoms with Crippen molar-refractivity contribution in [3.63, 3.8) is 0 Å². The minimum atomic E-state index is -0.562. The van der Waals surface area contributed by atoms with Gasteiger partial charge in [0.05, 0.1) is 12.8 Å². The van der Waals surface area contributed by atoms with Crippen molar-refractivity contribution in [2.24, 2.45) is 0 Å². The van der Waals surface area contributed by atoms with E-state index in [9.17, 15) is 9.59 Å². The number of carbonyl (C=O) groups is 2. The number of nitrogens with one attached hydrogen (secondary N) is 3. The lowest BCUT2D eigenvalue weighted by Gasteiger charge is -2.17. The number of imide groups is 1. The molecule has 0 aliphatic heterocycles. The fourth-order valence-electron chi connectivity index (χ4n) is 1.52. The van der Waals surface area contributed by atoms with Crippen LogP contribution in [0.3, 0.4) is 0 Å². The first-order valence-electron chi connectivity index (χ1n) is 5.91. The number of aryl methyl sites for hydroxylation is 1. The highest BCUT2D eigenvalue weighted by Crippen LogP contribution is 2.25. The molecular weight excluding hydrogens is 246 g/mol. The highest BCUT2D eigenvalue weighted by Gasteiger charge is 2.16. The van der Waals surface area contributed by atoms with E-state index in [0.717, 1.165) is 5.56 Å². The average molecular weight is 265 g/mol. The summed E-state index contributed by atoms with van der Waals surface area (Å²) in [6.45, 7) is 3.61. The van der Waals surface area contributed by atoms with Crippen molar-refractivity contribution in [2.75, 3.05) is 19.5 Å². The molecule has 0 fully saturated rings. The van der Waals surface area contributed by atoms with Gasteiger partial charge in [0.25, 0.3) is 0 Å². The standard InChI is InChI=1S/C13H19N3O3/c1-8-5-6-11(19-4)10(7-8)15-9(2)12(17)16-13(18)14-3/h5-7,9,15H,1-4H3,(H2,14,16,17,18). The Labute approximate surface area is 112 Å². The molecule has 0 saturated carbocycles. The van der Waals surface area contributed by atoms with Crippen LogP contribution in [0.25, 0.3) is 0 Å². The van der Waals surface area contributed by atoms with Gasteiger partial charge in [0, 0.05) is 7.05 Å². The molecule has 6 heteroatoms. The molecule has 1 unspecified atom stereocenters. The van der Waals surface area contributed by atoms with Crippen molar-refractivity contribution >= 4 is 17.6 Å². The summed E-state index contributed by atoms with van der Waals surface area (Å²) in [6.07, 6.45) is 0. The van der Waals surface area contributed by atoms with Crippen LogP contribution in [-0.4, -0.2) is 32.1 Å². The molecule has 3 amide bonds. The molecule has 1 rings (SSSR count). The third-order valence-electron chi connectivity index (χ3n) is 2.58. The maximum atomic E-state index is 11.7. The van der Waals surface area contributed by atoms with Crippen LogP contribution < -0.4 is 20.7 Å². The Kier molecular flexibility index (Phi) is 5.17. The number of ether oxygens (including phenoxy) is 1. The highest BCUT2D eigenvalue weighted by atomic mass is 16.5. The van der Waals surface area contributed by atoms with E-state index in [1.54, 1.807) is 14.0 Å². The zero-order valence-corrected chi connectivity index (χ0v) is 11.5. The average Bonchev–Trinajstić information content (AvgIpc) is 2.38. The lowest BCUT2D eigenvalue weighted by molar-refractivity contribution is -0.120. The summed E-state index contributed by atoms with van der Waals surface area (Å²) < 4.78 is 5.21. The van der Waals surface area contributed by atoms with Crippen molar-refractivity contribution in [1.29, 1.82) is 0 Å². The van der Waals surface area contributed by atoms with E-state index in [4.69, 9.17) is 4.74 Å². The number of methoxy groups -OCH3 is 1. The van der Waals surface area contributed by atoms with Gasteiger partial charge in [-0.25, -0.2) is 4.79 Å². The third kappa shape index (κ3) is 4.17. The van der Waals surface area contributed by atoms with Gasteiger partial charge in [0.2, 0.25) is 5.91 Å². The smallest absolute Gasteiger partial charge is 0.321 e. The molecule has 0 saturated heterocycles. The first kappa shape index (κ1) is 14.8. The van der Waals surface area contributed by atoms with Gasteiger partial charge in [-0.15, -0.1) is 0 Å². The predicted octanol–water partition coefficient (Wildman–Crippen LogP) is 1.26. The minimum absolute atomic E-state index is 0.414. The number of hydrogen-bond donors (Lipinski definition) is 3. The largest absolute Gasteiger partial charge is 0.495 e. The second-order valence-electron chi connectivity index (χ2n) is 4.14. The molecule has 104 valence electrons. The number of amides is 3. The van der Waals surface area contributed by atoms with Crippen LogP contribution in [0.5, 0.6) is 5.75 Å². The van der Waals surface area contributed by atoms with E-state index >= 15 is 0 Å². The summed E-state index contributed by atoms with van der Waals surface area (Å²) >= 11 is 0. The molecule has 0 radical (unpaired) electrons. The van der Waals surface area contributed by atoms with E-state index in [1.165, 1.54) is 7.05 Å². The fraction of sp³-hybridized carbons (Fsp3) is 0.385. The number of benzene rings is 1. The maximum Gasteiger partial charge on any atom is 0.321 e. The molecule has 1 aromatic carbocycles. The number of hydrogen-bond acceptors (Lipinski definition) is 4. The van der Waals surface area contributed by atoms with E-state index in [0.29, 0.717) is 11.4 Å². The van der Waals surface area contributed by atoms with Crippen LogP contribution in [0, 0.1) is 6.92 Å². The second kappa shape index (κ2) is 6.63. The lowest BCUT2D eigenvalue weighted by Crippen LogP contribution is -2.44. The van der Waals surface area contributed by atoms with Crippen LogP contribution >= 0.6 is 0 Å².